The van der Waals surface area contributed by atoms with Crippen LogP contribution in [0.3, 0.4) is 0 Å². The van der Waals surface area contributed by atoms with Gasteiger partial charge in [0.15, 0.2) is 0 Å². The second-order valence-corrected chi connectivity index (χ2v) is 10.1. The van der Waals surface area contributed by atoms with Gasteiger partial charge in [-0.25, -0.2) is 0 Å². The molecule has 0 heterocycles. The number of rotatable bonds is 36. The third-order valence-corrected chi connectivity index (χ3v) is 6.29. The molecular formula is C29H63N3O10. The molecule has 0 fully saturated rings. The van der Waals surface area contributed by atoms with Crippen LogP contribution in [0.5, 0.6) is 0 Å². The summed E-state index contributed by atoms with van der Waals surface area (Å²) in [6.07, 6.45) is 10.5. The molecule has 0 aromatic rings. The number of hydrogen-bond donors (Lipinski definition) is 5. The monoisotopic (exact) mass is 613 g/mol. The van der Waals surface area contributed by atoms with E-state index in [-0.39, 0.29) is 33.0 Å². The molecule has 0 aliphatic heterocycles. The van der Waals surface area contributed by atoms with Crippen molar-refractivity contribution < 1.29 is 49.6 Å². The Labute approximate surface area is 254 Å². The Hall–Kier alpha value is -0.520. The van der Waals surface area contributed by atoms with Crippen LogP contribution in [0, 0.1) is 0 Å². The third-order valence-electron chi connectivity index (χ3n) is 6.29. The third kappa shape index (κ3) is 29.5. The van der Waals surface area contributed by atoms with E-state index in [4.69, 9.17) is 49.6 Å². The second kappa shape index (κ2) is 35.0. The highest BCUT2D eigenvalue weighted by molar-refractivity contribution is 4.55. The van der Waals surface area contributed by atoms with Gasteiger partial charge in [-0.2, -0.15) is 10.1 Å². The van der Waals surface area contributed by atoms with Crippen LogP contribution in [0.1, 0.15) is 83.5 Å². The van der Waals surface area contributed by atoms with Gasteiger partial charge in [-0.1, -0.05) is 5.23 Å². The standard InChI is InChI=1S/C29H63N3O10/c33-19-5-1-9-25-39-30(14-15-31(18-29-38-24-13-23-37)40-26-10-2-6-20-34)16-17-32(41-27-11-3-7-21-35)42-28-12-4-8-22-36/h33-37H,1-29H2. The fourth-order valence-electron chi connectivity index (χ4n) is 3.78. The highest BCUT2D eigenvalue weighted by Crippen LogP contribution is 2.06. The molecule has 13 heteroatoms. The maximum absolute atomic E-state index is 9.08. The molecule has 0 saturated heterocycles. The maximum Gasteiger partial charge on any atom is 0.0711 e. The summed E-state index contributed by atoms with van der Waals surface area (Å²) in [5.74, 6) is 0. The Morgan fingerprint density at radius 1 is 0.310 bits per heavy atom. The van der Waals surface area contributed by atoms with Crippen LogP contribution >= 0.6 is 0 Å². The van der Waals surface area contributed by atoms with Crippen LogP contribution in [0.25, 0.3) is 0 Å². The van der Waals surface area contributed by atoms with Crippen molar-refractivity contribution in [2.75, 3.05) is 105 Å². The SMILES string of the molecule is OCCCCCON(CCOCCCO)CCN(CCN(OCCCCCO)OCCCCCO)OCCCCCO. The van der Waals surface area contributed by atoms with Gasteiger partial charge in [0.05, 0.1) is 39.6 Å². The average molecular weight is 614 g/mol. The van der Waals surface area contributed by atoms with Gasteiger partial charge >= 0.3 is 0 Å². The average Bonchev–Trinajstić information content (AvgIpc) is 3.00. The van der Waals surface area contributed by atoms with Gasteiger partial charge < -0.3 is 30.3 Å². The van der Waals surface area contributed by atoms with Crippen LogP contribution in [0.15, 0.2) is 0 Å². The van der Waals surface area contributed by atoms with Crippen molar-refractivity contribution in [2.24, 2.45) is 0 Å². The van der Waals surface area contributed by atoms with Crippen molar-refractivity contribution in [1.29, 1.82) is 0 Å². The lowest BCUT2D eigenvalue weighted by Gasteiger charge is -2.29. The number of nitrogens with zero attached hydrogens (tertiary/aromatic N) is 3. The largest absolute Gasteiger partial charge is 0.396 e. The summed E-state index contributed by atoms with van der Waals surface area (Å²) < 4.78 is 5.61. The summed E-state index contributed by atoms with van der Waals surface area (Å²) in [6.45, 7) is 6.61. The number of aliphatic hydroxyl groups is 5. The first kappa shape index (κ1) is 41.5. The summed E-state index contributed by atoms with van der Waals surface area (Å²) in [5, 5.41) is 50.4. The van der Waals surface area contributed by atoms with Gasteiger partial charge in [-0.05, 0) is 83.5 Å². The Morgan fingerprint density at radius 2 is 0.690 bits per heavy atom. The van der Waals surface area contributed by atoms with Gasteiger partial charge in [0.25, 0.3) is 0 Å². The van der Waals surface area contributed by atoms with E-state index in [9.17, 15) is 0 Å². The number of hydroxylamine groups is 6. The first-order valence-electron chi connectivity index (χ1n) is 16.1. The normalized spacial score (nSPS) is 12.0. The van der Waals surface area contributed by atoms with Crippen LogP contribution in [0.4, 0.5) is 0 Å². The number of hydrogen-bond acceptors (Lipinski definition) is 13. The molecule has 42 heavy (non-hydrogen) atoms. The van der Waals surface area contributed by atoms with Gasteiger partial charge in [0, 0.05) is 65.8 Å². The molecule has 0 radical (unpaired) electrons. The van der Waals surface area contributed by atoms with Crippen molar-refractivity contribution in [3.63, 3.8) is 0 Å². The molecule has 0 saturated carbocycles. The molecule has 254 valence electrons. The highest BCUT2D eigenvalue weighted by Gasteiger charge is 2.15. The molecular weight excluding hydrogens is 550 g/mol. The molecule has 0 bridgehead atoms. The highest BCUT2D eigenvalue weighted by atomic mass is 16.9. The molecule has 0 rings (SSSR count). The van der Waals surface area contributed by atoms with Crippen molar-refractivity contribution in [1.82, 2.24) is 15.4 Å². The number of ether oxygens (including phenoxy) is 1. The molecule has 0 aromatic carbocycles. The molecule has 0 spiro atoms. The van der Waals surface area contributed by atoms with Gasteiger partial charge in [0.2, 0.25) is 0 Å². The molecule has 13 nitrogen and oxygen atoms in total. The van der Waals surface area contributed by atoms with Crippen molar-refractivity contribution in [3.8, 4) is 0 Å². The Bertz CT molecular complexity index is 450. The first-order valence-corrected chi connectivity index (χ1v) is 16.1. The predicted molar refractivity (Wildman–Crippen MR) is 160 cm³/mol. The summed E-state index contributed by atoms with van der Waals surface area (Å²) in [5.41, 5.74) is 0. The maximum atomic E-state index is 9.08. The molecule has 5 N–H and O–H groups in total. The lowest BCUT2D eigenvalue weighted by molar-refractivity contribution is -0.372. The van der Waals surface area contributed by atoms with Crippen molar-refractivity contribution >= 4 is 0 Å². The van der Waals surface area contributed by atoms with E-state index in [2.05, 4.69) is 0 Å². The zero-order valence-electron chi connectivity index (χ0n) is 26.1. The molecule has 0 aliphatic carbocycles. The summed E-state index contributed by atoms with van der Waals surface area (Å²) >= 11 is 0. The fourth-order valence-corrected chi connectivity index (χ4v) is 3.78. The first-order chi connectivity index (χ1) is 20.7. The van der Waals surface area contributed by atoms with E-state index in [1.807, 2.05) is 10.1 Å². The minimum Gasteiger partial charge on any atom is -0.396 e. The zero-order chi connectivity index (χ0) is 30.8. The minimum absolute atomic E-state index is 0.103. The summed E-state index contributed by atoms with van der Waals surface area (Å²) in [6, 6.07) is 0. The summed E-state index contributed by atoms with van der Waals surface area (Å²) in [4.78, 5) is 23.9. The van der Waals surface area contributed by atoms with E-state index in [1.54, 1.807) is 0 Å². The second-order valence-electron chi connectivity index (χ2n) is 10.1. The number of aliphatic hydroxyl groups excluding tert-OH is 5. The van der Waals surface area contributed by atoms with E-state index >= 15 is 0 Å². The lowest BCUT2D eigenvalue weighted by atomic mass is 10.2. The Morgan fingerprint density at radius 3 is 1.12 bits per heavy atom. The van der Waals surface area contributed by atoms with Gasteiger partial charge in [-0.3, -0.25) is 19.4 Å². The van der Waals surface area contributed by atoms with Gasteiger partial charge in [0.1, 0.15) is 0 Å². The van der Waals surface area contributed by atoms with Crippen LogP contribution < -0.4 is 0 Å². The fraction of sp³-hybridized carbons (Fsp3) is 1.00. The summed E-state index contributed by atoms with van der Waals surface area (Å²) in [7, 11) is 0. The van der Waals surface area contributed by atoms with E-state index in [0.717, 1.165) is 77.0 Å². The predicted octanol–water partition coefficient (Wildman–Crippen LogP) is 1.67. The van der Waals surface area contributed by atoms with E-state index in [1.165, 1.54) is 5.23 Å². The molecule has 0 aliphatic rings. The van der Waals surface area contributed by atoms with E-state index in [0.29, 0.717) is 78.8 Å². The van der Waals surface area contributed by atoms with Crippen LogP contribution in [0.2, 0.25) is 0 Å². The topological polar surface area (TPSA) is 157 Å². The Kier molecular flexibility index (Phi) is 34.5. The van der Waals surface area contributed by atoms with E-state index < -0.39 is 0 Å². The smallest absolute Gasteiger partial charge is 0.0711 e. The quantitative estimate of drug-likeness (QED) is 0.0514. The van der Waals surface area contributed by atoms with Crippen molar-refractivity contribution in [3.05, 3.63) is 0 Å². The Balaban J connectivity index is 5.00. The lowest BCUT2D eigenvalue weighted by Crippen LogP contribution is -2.41. The molecule has 0 unspecified atom stereocenters. The molecule has 0 amide bonds. The van der Waals surface area contributed by atoms with Crippen LogP contribution in [-0.4, -0.2) is 146 Å². The molecule has 0 atom stereocenters. The minimum atomic E-state index is 0.103. The molecule has 0 aromatic heterocycles. The zero-order valence-corrected chi connectivity index (χ0v) is 26.1. The van der Waals surface area contributed by atoms with Crippen molar-refractivity contribution in [2.45, 2.75) is 83.5 Å². The van der Waals surface area contributed by atoms with Gasteiger partial charge in [-0.15, -0.1) is 0 Å². The van der Waals surface area contributed by atoms with Crippen LogP contribution in [-0.2, 0) is 24.1 Å². The number of unbranched alkanes of at least 4 members (excludes halogenated alkanes) is 8.